The van der Waals surface area contributed by atoms with Crippen LogP contribution < -0.4 is 0 Å². The van der Waals surface area contributed by atoms with E-state index in [1.807, 2.05) is 12.1 Å². The highest BCUT2D eigenvalue weighted by Gasteiger charge is 2.26. The fourth-order valence-electron chi connectivity index (χ4n) is 4.56. The molecule has 0 spiro atoms. The number of aryl methyl sites for hydroxylation is 1. The van der Waals surface area contributed by atoms with Gasteiger partial charge in [-0.15, -0.1) is 0 Å². The summed E-state index contributed by atoms with van der Waals surface area (Å²) in [6.07, 6.45) is 0. The number of rotatable bonds is 1. The van der Waals surface area contributed by atoms with Crippen LogP contribution in [0, 0.1) is 12.7 Å². The van der Waals surface area contributed by atoms with Crippen LogP contribution in [-0.4, -0.2) is 9.55 Å². The van der Waals surface area contributed by atoms with E-state index in [1.165, 1.54) is 5.39 Å². The van der Waals surface area contributed by atoms with Gasteiger partial charge in [-0.3, -0.25) is 0 Å². The summed E-state index contributed by atoms with van der Waals surface area (Å²) >= 11 is 0. The van der Waals surface area contributed by atoms with E-state index in [1.54, 1.807) is 12.1 Å². The van der Waals surface area contributed by atoms with E-state index in [9.17, 15) is 4.39 Å². The average molecular weight is 364 g/mol. The van der Waals surface area contributed by atoms with Crippen LogP contribution in [0.15, 0.2) is 72.8 Å². The number of benzene rings is 4. The fraction of sp³-hybridized carbons (Fsp3) is 0.0800. The Balaban J connectivity index is 1.75. The molecule has 2 heterocycles. The highest BCUT2D eigenvalue weighted by atomic mass is 19.1. The summed E-state index contributed by atoms with van der Waals surface area (Å²) in [5.41, 5.74) is 7.10. The van der Waals surface area contributed by atoms with Crippen LogP contribution in [0.5, 0.6) is 0 Å². The van der Waals surface area contributed by atoms with Gasteiger partial charge in [0.25, 0.3) is 0 Å². The van der Waals surface area contributed by atoms with E-state index in [0.717, 1.165) is 50.1 Å². The Morgan fingerprint density at radius 3 is 2.57 bits per heavy atom. The molecule has 0 radical (unpaired) electrons. The second-order valence-electron chi connectivity index (χ2n) is 7.44. The van der Waals surface area contributed by atoms with Crippen molar-refractivity contribution in [3.8, 4) is 22.5 Å². The van der Waals surface area contributed by atoms with Gasteiger partial charge in [0, 0.05) is 16.7 Å². The van der Waals surface area contributed by atoms with Crippen LogP contribution in [0.2, 0.25) is 0 Å². The van der Waals surface area contributed by atoms with Gasteiger partial charge in [0.05, 0.1) is 17.6 Å². The summed E-state index contributed by atoms with van der Waals surface area (Å²) in [7, 11) is 0. The highest BCUT2D eigenvalue weighted by molar-refractivity contribution is 6.01. The van der Waals surface area contributed by atoms with Gasteiger partial charge in [0.2, 0.25) is 0 Å². The Morgan fingerprint density at radius 2 is 1.64 bits per heavy atom. The van der Waals surface area contributed by atoms with Gasteiger partial charge in [-0.2, -0.15) is 0 Å². The molecule has 134 valence electrons. The normalized spacial score (nSPS) is 12.5. The molecule has 5 aromatic rings. The minimum atomic E-state index is -0.155. The number of nitrogens with zero attached hydrogens (tertiary/aromatic N) is 2. The molecule has 0 amide bonds. The molecule has 0 bridgehead atoms. The van der Waals surface area contributed by atoms with Crippen molar-refractivity contribution in [3.05, 3.63) is 89.7 Å². The quantitative estimate of drug-likeness (QED) is 0.333. The zero-order chi connectivity index (χ0) is 18.8. The standard InChI is InChI=1S/C25H17FN2/c1-15-12-13-22-24-23(15)18-9-5-11-21(26)20(18)14-28(24)25(27-22)19-10-4-7-16-6-2-3-8-17(16)19/h2-13H,14H2,1H3. The Bertz CT molecular complexity index is 1410. The first-order chi connectivity index (χ1) is 13.7. The van der Waals surface area contributed by atoms with Crippen LogP contribution in [0.1, 0.15) is 11.1 Å². The van der Waals surface area contributed by atoms with E-state index >= 15 is 0 Å². The van der Waals surface area contributed by atoms with Gasteiger partial charge in [-0.1, -0.05) is 60.7 Å². The van der Waals surface area contributed by atoms with Crippen LogP contribution in [0.25, 0.3) is 44.3 Å². The lowest BCUT2D eigenvalue weighted by Gasteiger charge is -2.22. The van der Waals surface area contributed by atoms with Crippen molar-refractivity contribution >= 4 is 21.8 Å². The molecule has 0 saturated carbocycles. The summed E-state index contributed by atoms with van der Waals surface area (Å²) in [5.74, 6) is 0.740. The Hall–Kier alpha value is -3.46. The van der Waals surface area contributed by atoms with Crippen LogP contribution >= 0.6 is 0 Å². The molecule has 0 N–H and O–H groups in total. The van der Waals surface area contributed by atoms with Gasteiger partial charge < -0.3 is 4.57 Å². The van der Waals surface area contributed by atoms with E-state index in [-0.39, 0.29) is 5.82 Å². The molecule has 0 saturated heterocycles. The Labute approximate surface area is 161 Å². The summed E-state index contributed by atoms with van der Waals surface area (Å²) in [6, 6.07) is 24.1. The minimum Gasteiger partial charge on any atom is -0.319 e. The molecular formula is C25H17FN2. The first-order valence-electron chi connectivity index (χ1n) is 9.48. The molecule has 0 unspecified atom stereocenters. The van der Waals surface area contributed by atoms with E-state index < -0.39 is 0 Å². The van der Waals surface area contributed by atoms with Crippen LogP contribution in [0.4, 0.5) is 4.39 Å². The molecule has 1 aliphatic rings. The summed E-state index contributed by atoms with van der Waals surface area (Å²) in [5, 5.41) is 2.34. The molecule has 28 heavy (non-hydrogen) atoms. The number of halogens is 1. The third-order valence-electron chi connectivity index (χ3n) is 5.85. The Morgan fingerprint density at radius 1 is 0.857 bits per heavy atom. The number of fused-ring (bicyclic) bond motifs is 3. The molecule has 0 atom stereocenters. The third kappa shape index (κ3) is 1.99. The number of imidazole rings is 1. The van der Waals surface area contributed by atoms with Gasteiger partial charge in [-0.05, 0) is 41.0 Å². The highest BCUT2D eigenvalue weighted by Crippen LogP contribution is 2.42. The monoisotopic (exact) mass is 364 g/mol. The van der Waals surface area contributed by atoms with Crippen molar-refractivity contribution < 1.29 is 4.39 Å². The van der Waals surface area contributed by atoms with Crippen molar-refractivity contribution in [2.45, 2.75) is 13.5 Å². The zero-order valence-corrected chi connectivity index (χ0v) is 15.4. The van der Waals surface area contributed by atoms with Gasteiger partial charge in [-0.25, -0.2) is 9.37 Å². The first-order valence-corrected chi connectivity index (χ1v) is 9.48. The summed E-state index contributed by atoms with van der Waals surface area (Å²) in [6.45, 7) is 2.58. The van der Waals surface area contributed by atoms with E-state index in [2.05, 4.69) is 60.0 Å². The minimum absolute atomic E-state index is 0.155. The van der Waals surface area contributed by atoms with Crippen molar-refractivity contribution in [3.63, 3.8) is 0 Å². The molecule has 2 nitrogen and oxygen atoms in total. The second-order valence-corrected chi connectivity index (χ2v) is 7.44. The average Bonchev–Trinajstić information content (AvgIpc) is 3.09. The van der Waals surface area contributed by atoms with Crippen LogP contribution in [0.3, 0.4) is 0 Å². The largest absolute Gasteiger partial charge is 0.319 e. The summed E-state index contributed by atoms with van der Waals surface area (Å²) < 4.78 is 16.9. The zero-order valence-electron chi connectivity index (χ0n) is 15.4. The van der Waals surface area contributed by atoms with Crippen molar-refractivity contribution in [1.82, 2.24) is 9.55 Å². The third-order valence-corrected chi connectivity index (χ3v) is 5.85. The second kappa shape index (κ2) is 5.52. The topological polar surface area (TPSA) is 17.8 Å². The maximum atomic E-state index is 14.7. The molecule has 3 heteroatoms. The number of aromatic nitrogens is 2. The lowest BCUT2D eigenvalue weighted by molar-refractivity contribution is 0.602. The van der Waals surface area contributed by atoms with Crippen molar-refractivity contribution in [2.75, 3.05) is 0 Å². The molecule has 1 aromatic heterocycles. The van der Waals surface area contributed by atoms with Crippen molar-refractivity contribution in [2.24, 2.45) is 0 Å². The molecule has 0 fully saturated rings. The maximum Gasteiger partial charge on any atom is 0.142 e. The molecule has 4 aromatic carbocycles. The SMILES string of the molecule is Cc1ccc2nc(-c3cccc4ccccc34)n3c2c1-c1cccc(F)c1C3. The Kier molecular flexibility index (Phi) is 3.07. The smallest absolute Gasteiger partial charge is 0.142 e. The predicted octanol–water partition coefficient (Wildman–Crippen LogP) is 6.33. The summed E-state index contributed by atoms with van der Waals surface area (Å²) in [4.78, 5) is 5.00. The molecule has 1 aliphatic heterocycles. The lowest BCUT2D eigenvalue weighted by Crippen LogP contribution is -2.11. The van der Waals surface area contributed by atoms with Crippen molar-refractivity contribution in [1.29, 1.82) is 0 Å². The first kappa shape index (κ1) is 15.6. The predicted molar refractivity (Wildman–Crippen MR) is 112 cm³/mol. The molecular weight excluding hydrogens is 347 g/mol. The number of hydrogen-bond donors (Lipinski definition) is 0. The van der Waals surface area contributed by atoms with E-state index in [4.69, 9.17) is 4.98 Å². The van der Waals surface area contributed by atoms with Gasteiger partial charge in [0.15, 0.2) is 0 Å². The molecule has 0 aliphatic carbocycles. The van der Waals surface area contributed by atoms with E-state index in [0.29, 0.717) is 6.54 Å². The van der Waals surface area contributed by atoms with Gasteiger partial charge in [0.1, 0.15) is 11.6 Å². The van der Waals surface area contributed by atoms with Crippen LogP contribution in [-0.2, 0) is 6.54 Å². The number of hydrogen-bond acceptors (Lipinski definition) is 1. The molecule has 6 rings (SSSR count). The fourth-order valence-corrected chi connectivity index (χ4v) is 4.56. The maximum absolute atomic E-state index is 14.7. The van der Waals surface area contributed by atoms with Gasteiger partial charge >= 0.3 is 0 Å². The lowest BCUT2D eigenvalue weighted by atomic mass is 9.91.